The lowest BCUT2D eigenvalue weighted by Crippen LogP contribution is -2.37. The number of hydrogen-bond acceptors (Lipinski definition) is 3. The molecule has 0 aromatic heterocycles. The normalized spacial score (nSPS) is 19.4. The number of carbonyl (C=O) groups is 1. The summed E-state index contributed by atoms with van der Waals surface area (Å²) >= 11 is 16.5. The summed E-state index contributed by atoms with van der Waals surface area (Å²) in [6, 6.07) is 7.00. The van der Waals surface area contributed by atoms with Crippen molar-refractivity contribution < 1.29 is 9.53 Å². The molecule has 23 heavy (non-hydrogen) atoms. The molecule has 1 aromatic rings. The summed E-state index contributed by atoms with van der Waals surface area (Å²) in [6.45, 7) is 6.15. The van der Waals surface area contributed by atoms with Gasteiger partial charge in [-0.25, -0.2) is 0 Å². The third-order valence-electron chi connectivity index (χ3n) is 3.79. The van der Waals surface area contributed by atoms with E-state index < -0.39 is 9.70 Å². The molecule has 0 saturated carbocycles. The van der Waals surface area contributed by atoms with Gasteiger partial charge in [-0.1, -0.05) is 41.7 Å². The maximum atomic E-state index is 11.5. The number of halogens is 3. The van der Waals surface area contributed by atoms with E-state index in [0.717, 1.165) is 31.3 Å². The van der Waals surface area contributed by atoms with E-state index in [0.29, 0.717) is 12.3 Å². The molecule has 7 heteroatoms. The topological polar surface area (TPSA) is 41.6 Å². The Morgan fingerprint density at radius 3 is 2.65 bits per heavy atom. The monoisotopic (exact) mass is 378 g/mol. The van der Waals surface area contributed by atoms with Crippen LogP contribution in [0, 0.1) is 5.92 Å². The maximum Gasteiger partial charge on any atom is 0.276 e. The fourth-order valence-corrected chi connectivity index (χ4v) is 2.76. The van der Waals surface area contributed by atoms with E-state index in [9.17, 15) is 4.79 Å². The molecule has 0 spiro atoms. The van der Waals surface area contributed by atoms with Crippen LogP contribution in [0.15, 0.2) is 24.3 Å². The van der Waals surface area contributed by atoms with E-state index in [-0.39, 0.29) is 0 Å². The summed E-state index contributed by atoms with van der Waals surface area (Å²) < 4.78 is 3.77. The molecule has 0 unspecified atom stereocenters. The second-order valence-corrected chi connectivity index (χ2v) is 8.15. The molecule has 0 bridgehead atoms. The predicted octanol–water partition coefficient (Wildman–Crippen LogP) is 4.11. The lowest BCUT2D eigenvalue weighted by atomic mass is 10.0. The number of carbonyl (C=O) groups excluding carboxylic acids is 1. The van der Waals surface area contributed by atoms with Crippen LogP contribution in [0.3, 0.4) is 0 Å². The Morgan fingerprint density at radius 2 is 2.04 bits per heavy atom. The summed E-state index contributed by atoms with van der Waals surface area (Å²) in [5.41, 5.74) is 0.554. The number of benzene rings is 1. The van der Waals surface area contributed by atoms with Gasteiger partial charge >= 0.3 is 0 Å². The number of nitrogens with one attached hydrogen (secondary N) is 1. The largest absolute Gasteiger partial charge is 0.492 e. The predicted molar refractivity (Wildman–Crippen MR) is 95.7 cm³/mol. The van der Waals surface area contributed by atoms with Gasteiger partial charge in [-0.05, 0) is 49.6 Å². The van der Waals surface area contributed by atoms with E-state index >= 15 is 0 Å². The quantitative estimate of drug-likeness (QED) is 0.783. The molecular weight excluding hydrogens is 359 g/mol. The van der Waals surface area contributed by atoms with Crippen molar-refractivity contribution in [3.63, 3.8) is 0 Å². The minimum absolute atomic E-state index is 0.554. The van der Waals surface area contributed by atoms with Crippen molar-refractivity contribution in [2.75, 3.05) is 31.6 Å². The van der Waals surface area contributed by atoms with Crippen molar-refractivity contribution >= 4 is 46.4 Å². The van der Waals surface area contributed by atoms with Gasteiger partial charge in [0.1, 0.15) is 12.4 Å². The highest BCUT2D eigenvalue weighted by molar-refractivity contribution is 6.76. The standard InChI is InChI=1S/C16H21Cl3N2O2/c1-12-3-2-8-21(11-12)9-10-23-14-6-4-13(5-7-14)20-15(22)16(17,18)19/h4-7,12H,2-3,8-11H2,1H3,(H,20,22)/t12-/m1/s1. The van der Waals surface area contributed by atoms with Crippen molar-refractivity contribution in [2.45, 2.75) is 23.6 Å². The van der Waals surface area contributed by atoms with Gasteiger partial charge in [-0.15, -0.1) is 0 Å². The highest BCUT2D eigenvalue weighted by Crippen LogP contribution is 2.28. The first kappa shape index (κ1) is 18.7. The zero-order valence-electron chi connectivity index (χ0n) is 13.0. The van der Waals surface area contributed by atoms with Crippen LogP contribution in [0.1, 0.15) is 19.8 Å². The van der Waals surface area contributed by atoms with Crippen LogP contribution in [0.25, 0.3) is 0 Å². The number of anilines is 1. The highest BCUT2D eigenvalue weighted by Gasteiger charge is 2.30. The first-order valence-corrected chi connectivity index (χ1v) is 8.81. The van der Waals surface area contributed by atoms with Crippen LogP contribution in [0.2, 0.25) is 0 Å². The molecule has 0 radical (unpaired) electrons. The molecule has 1 N–H and O–H groups in total. The number of amides is 1. The first-order valence-electron chi connectivity index (χ1n) is 7.68. The second kappa shape index (κ2) is 8.43. The first-order chi connectivity index (χ1) is 10.8. The lowest BCUT2D eigenvalue weighted by Gasteiger charge is -2.30. The summed E-state index contributed by atoms with van der Waals surface area (Å²) in [5, 5.41) is 2.52. The molecule has 2 rings (SSSR count). The molecule has 1 atom stereocenters. The van der Waals surface area contributed by atoms with Gasteiger partial charge in [-0.3, -0.25) is 9.69 Å². The third-order valence-corrected chi connectivity index (χ3v) is 4.30. The van der Waals surface area contributed by atoms with E-state index in [1.165, 1.54) is 12.8 Å². The number of alkyl halides is 3. The SMILES string of the molecule is C[C@@H]1CCCN(CCOc2ccc(NC(=O)C(Cl)(Cl)Cl)cc2)C1. The number of ether oxygens (including phenoxy) is 1. The molecule has 128 valence electrons. The molecule has 1 amide bonds. The molecule has 1 saturated heterocycles. The average Bonchev–Trinajstić information content (AvgIpc) is 2.48. The zero-order valence-corrected chi connectivity index (χ0v) is 15.3. The molecule has 1 aromatic carbocycles. The second-order valence-electron chi connectivity index (χ2n) is 5.87. The Hall–Kier alpha value is -0.680. The van der Waals surface area contributed by atoms with Gasteiger partial charge < -0.3 is 10.1 Å². The summed E-state index contributed by atoms with van der Waals surface area (Å²) in [6.07, 6.45) is 2.58. The van der Waals surface area contributed by atoms with Gasteiger partial charge in [0.2, 0.25) is 0 Å². The maximum absolute atomic E-state index is 11.5. The Morgan fingerprint density at radius 1 is 1.35 bits per heavy atom. The molecular formula is C16H21Cl3N2O2. The number of nitrogens with zero attached hydrogens (tertiary/aromatic N) is 1. The summed E-state index contributed by atoms with van der Waals surface area (Å²) in [5.74, 6) is 0.835. The molecule has 1 aliphatic rings. The number of hydrogen-bond donors (Lipinski definition) is 1. The third kappa shape index (κ3) is 6.38. The molecule has 1 heterocycles. The van der Waals surface area contributed by atoms with Crippen LogP contribution < -0.4 is 10.1 Å². The van der Waals surface area contributed by atoms with Crippen molar-refractivity contribution in [1.82, 2.24) is 4.90 Å². The Balaban J connectivity index is 1.75. The van der Waals surface area contributed by atoms with Gasteiger partial charge in [0.15, 0.2) is 0 Å². The van der Waals surface area contributed by atoms with E-state index in [1.54, 1.807) is 24.3 Å². The Kier molecular flexibility index (Phi) is 6.84. The molecule has 0 aliphatic carbocycles. The highest BCUT2D eigenvalue weighted by atomic mass is 35.6. The Labute approximate surface area is 152 Å². The van der Waals surface area contributed by atoms with Gasteiger partial charge in [0, 0.05) is 18.8 Å². The van der Waals surface area contributed by atoms with Crippen molar-refractivity contribution in [3.8, 4) is 5.75 Å². The van der Waals surface area contributed by atoms with Crippen molar-refractivity contribution in [2.24, 2.45) is 5.92 Å². The van der Waals surface area contributed by atoms with Crippen LogP contribution in [-0.4, -0.2) is 40.8 Å². The van der Waals surface area contributed by atoms with Crippen molar-refractivity contribution in [1.29, 1.82) is 0 Å². The van der Waals surface area contributed by atoms with E-state index in [2.05, 4.69) is 17.1 Å². The summed E-state index contributed by atoms with van der Waals surface area (Å²) in [7, 11) is 0. The van der Waals surface area contributed by atoms with Crippen LogP contribution in [0.4, 0.5) is 5.69 Å². The number of likely N-dealkylation sites (tertiary alicyclic amines) is 1. The van der Waals surface area contributed by atoms with E-state index in [4.69, 9.17) is 39.5 Å². The van der Waals surface area contributed by atoms with Gasteiger partial charge in [0.25, 0.3) is 9.70 Å². The number of piperidine rings is 1. The molecule has 4 nitrogen and oxygen atoms in total. The van der Waals surface area contributed by atoms with Gasteiger partial charge in [-0.2, -0.15) is 0 Å². The zero-order chi connectivity index (χ0) is 16.9. The smallest absolute Gasteiger partial charge is 0.276 e. The van der Waals surface area contributed by atoms with Crippen LogP contribution in [0.5, 0.6) is 5.75 Å². The average molecular weight is 380 g/mol. The minimum atomic E-state index is -1.97. The van der Waals surface area contributed by atoms with Crippen LogP contribution >= 0.6 is 34.8 Å². The van der Waals surface area contributed by atoms with Gasteiger partial charge in [0.05, 0.1) is 0 Å². The molecule has 1 fully saturated rings. The summed E-state index contributed by atoms with van der Waals surface area (Å²) in [4.78, 5) is 14.0. The van der Waals surface area contributed by atoms with E-state index in [1.807, 2.05) is 0 Å². The fourth-order valence-electron chi connectivity index (χ4n) is 2.62. The minimum Gasteiger partial charge on any atom is -0.492 e. The van der Waals surface area contributed by atoms with Crippen molar-refractivity contribution in [3.05, 3.63) is 24.3 Å². The number of rotatable bonds is 5. The van der Waals surface area contributed by atoms with Crippen LogP contribution in [-0.2, 0) is 4.79 Å². The fraction of sp³-hybridized carbons (Fsp3) is 0.562. The lowest BCUT2D eigenvalue weighted by molar-refractivity contribution is -0.115. The Bertz CT molecular complexity index is 517. The molecule has 1 aliphatic heterocycles.